The minimum Gasteiger partial charge on any atom is -0.466 e. The average molecular weight is 297 g/mol. The quantitative estimate of drug-likeness (QED) is 0.805. The number of piperidine rings is 1. The minimum absolute atomic E-state index is 0.130. The van der Waals surface area contributed by atoms with E-state index in [4.69, 9.17) is 4.74 Å². The lowest BCUT2D eigenvalue weighted by Gasteiger charge is -2.31. The van der Waals surface area contributed by atoms with Crippen LogP contribution in [0.5, 0.6) is 0 Å². The number of rotatable bonds is 3. The predicted octanol–water partition coefficient (Wildman–Crippen LogP) is 2.38. The first-order valence-corrected chi connectivity index (χ1v) is 6.94. The summed E-state index contributed by atoms with van der Waals surface area (Å²) >= 11 is 0. The number of hydrogen-bond donors (Lipinski definition) is 0. The molecular weight excluding hydrogens is 280 g/mol. The van der Waals surface area contributed by atoms with E-state index in [1.165, 1.54) is 11.0 Å². The Hall–Kier alpha value is -1.98. The smallest absolute Gasteiger partial charge is 0.310 e. The van der Waals surface area contributed by atoms with Gasteiger partial charge in [0.15, 0.2) is 0 Å². The standard InChI is InChI=1S/C15H17F2NO3/c1-2-21-15(20)10-5-4-8-18(9-10)14(19)13-11(16)6-3-7-12(13)17/h3,6-7,10H,2,4-5,8-9H2,1H3. The Kier molecular flexibility index (Phi) is 4.88. The van der Waals surface area contributed by atoms with Gasteiger partial charge in [-0.3, -0.25) is 9.59 Å². The lowest BCUT2D eigenvalue weighted by atomic mass is 9.97. The molecule has 0 radical (unpaired) electrons. The molecule has 1 aromatic carbocycles. The Morgan fingerprint density at radius 1 is 1.33 bits per heavy atom. The van der Waals surface area contributed by atoms with E-state index in [0.717, 1.165) is 12.1 Å². The number of amides is 1. The van der Waals surface area contributed by atoms with Crippen molar-refractivity contribution in [3.63, 3.8) is 0 Å². The van der Waals surface area contributed by atoms with Crippen molar-refractivity contribution >= 4 is 11.9 Å². The molecule has 1 aliphatic rings. The zero-order valence-corrected chi connectivity index (χ0v) is 11.8. The summed E-state index contributed by atoms with van der Waals surface area (Å²) in [5.41, 5.74) is -0.568. The van der Waals surface area contributed by atoms with Crippen molar-refractivity contribution in [2.75, 3.05) is 19.7 Å². The number of ether oxygens (including phenoxy) is 1. The van der Waals surface area contributed by atoms with Gasteiger partial charge < -0.3 is 9.64 Å². The zero-order valence-electron chi connectivity index (χ0n) is 11.8. The third kappa shape index (κ3) is 3.37. The maximum Gasteiger partial charge on any atom is 0.310 e. The fraction of sp³-hybridized carbons (Fsp3) is 0.467. The molecule has 4 nitrogen and oxygen atoms in total. The Labute approximate surface area is 121 Å². The average Bonchev–Trinajstić information content (AvgIpc) is 2.47. The number of halogens is 2. The second-order valence-electron chi connectivity index (χ2n) is 4.94. The van der Waals surface area contributed by atoms with E-state index in [0.29, 0.717) is 19.4 Å². The molecule has 0 aromatic heterocycles. The Balaban J connectivity index is 2.14. The van der Waals surface area contributed by atoms with Gasteiger partial charge in [0.2, 0.25) is 0 Å². The van der Waals surface area contributed by atoms with E-state index in [9.17, 15) is 18.4 Å². The van der Waals surface area contributed by atoms with Gasteiger partial charge >= 0.3 is 5.97 Å². The predicted molar refractivity (Wildman–Crippen MR) is 71.6 cm³/mol. The van der Waals surface area contributed by atoms with E-state index in [2.05, 4.69) is 0 Å². The Morgan fingerprint density at radius 2 is 2.00 bits per heavy atom. The molecule has 114 valence electrons. The second kappa shape index (κ2) is 6.65. The Morgan fingerprint density at radius 3 is 2.62 bits per heavy atom. The highest BCUT2D eigenvalue weighted by molar-refractivity contribution is 5.95. The Bertz CT molecular complexity index is 527. The fourth-order valence-corrected chi connectivity index (χ4v) is 2.47. The zero-order chi connectivity index (χ0) is 15.4. The molecular formula is C15H17F2NO3. The van der Waals surface area contributed by atoms with E-state index < -0.39 is 29.0 Å². The molecule has 0 spiro atoms. The van der Waals surface area contributed by atoms with Crippen molar-refractivity contribution in [2.24, 2.45) is 5.92 Å². The summed E-state index contributed by atoms with van der Waals surface area (Å²) in [6.45, 7) is 2.48. The number of likely N-dealkylation sites (tertiary alicyclic amines) is 1. The molecule has 0 saturated carbocycles. The first kappa shape index (κ1) is 15.4. The van der Waals surface area contributed by atoms with Gasteiger partial charge in [-0.15, -0.1) is 0 Å². The van der Waals surface area contributed by atoms with Crippen molar-refractivity contribution in [1.82, 2.24) is 4.90 Å². The number of esters is 1. The third-order valence-electron chi connectivity index (χ3n) is 3.51. The largest absolute Gasteiger partial charge is 0.466 e. The molecule has 1 aliphatic heterocycles. The van der Waals surface area contributed by atoms with E-state index in [-0.39, 0.29) is 19.1 Å². The van der Waals surface area contributed by atoms with Gasteiger partial charge in [-0.05, 0) is 31.9 Å². The van der Waals surface area contributed by atoms with Crippen LogP contribution in [0, 0.1) is 17.6 Å². The third-order valence-corrected chi connectivity index (χ3v) is 3.51. The summed E-state index contributed by atoms with van der Waals surface area (Å²) in [6, 6.07) is 3.30. The highest BCUT2D eigenvalue weighted by Gasteiger charge is 2.31. The summed E-state index contributed by atoms with van der Waals surface area (Å²) < 4.78 is 32.2. The summed E-state index contributed by atoms with van der Waals surface area (Å²) in [5.74, 6) is -3.31. The van der Waals surface area contributed by atoms with Gasteiger partial charge in [-0.1, -0.05) is 6.07 Å². The minimum atomic E-state index is -0.891. The number of carbonyl (C=O) groups is 2. The molecule has 1 fully saturated rings. The topological polar surface area (TPSA) is 46.6 Å². The lowest BCUT2D eigenvalue weighted by Crippen LogP contribution is -2.43. The molecule has 0 N–H and O–H groups in total. The first-order chi connectivity index (χ1) is 10.0. The normalized spacial score (nSPS) is 18.4. The summed E-state index contributed by atoms with van der Waals surface area (Å²) in [4.78, 5) is 25.3. The first-order valence-electron chi connectivity index (χ1n) is 6.94. The number of carbonyl (C=O) groups excluding carboxylic acids is 2. The van der Waals surface area contributed by atoms with Gasteiger partial charge in [0.05, 0.1) is 12.5 Å². The van der Waals surface area contributed by atoms with Crippen LogP contribution in [0.3, 0.4) is 0 Å². The van der Waals surface area contributed by atoms with Gasteiger partial charge in [0.25, 0.3) is 5.91 Å². The van der Waals surface area contributed by atoms with Crippen molar-refractivity contribution in [3.05, 3.63) is 35.4 Å². The van der Waals surface area contributed by atoms with E-state index in [1.807, 2.05) is 0 Å². The van der Waals surface area contributed by atoms with Gasteiger partial charge in [0.1, 0.15) is 17.2 Å². The highest BCUT2D eigenvalue weighted by atomic mass is 19.1. The van der Waals surface area contributed by atoms with Crippen LogP contribution in [-0.4, -0.2) is 36.5 Å². The van der Waals surface area contributed by atoms with Crippen LogP contribution in [0.2, 0.25) is 0 Å². The van der Waals surface area contributed by atoms with E-state index in [1.54, 1.807) is 6.92 Å². The van der Waals surface area contributed by atoms with Crippen LogP contribution in [0.4, 0.5) is 8.78 Å². The number of nitrogens with zero attached hydrogens (tertiary/aromatic N) is 1. The van der Waals surface area contributed by atoms with Crippen LogP contribution in [0.15, 0.2) is 18.2 Å². The monoisotopic (exact) mass is 297 g/mol. The molecule has 0 bridgehead atoms. The molecule has 1 atom stereocenters. The van der Waals surface area contributed by atoms with Gasteiger partial charge in [-0.25, -0.2) is 8.78 Å². The molecule has 2 rings (SSSR count). The SMILES string of the molecule is CCOC(=O)C1CCCN(C(=O)c2c(F)cccc2F)C1. The molecule has 6 heteroatoms. The molecule has 1 aromatic rings. The molecule has 1 amide bonds. The molecule has 1 saturated heterocycles. The van der Waals surface area contributed by atoms with Crippen LogP contribution in [-0.2, 0) is 9.53 Å². The summed E-state index contributed by atoms with van der Waals surface area (Å²) in [5, 5.41) is 0. The van der Waals surface area contributed by atoms with Gasteiger partial charge in [-0.2, -0.15) is 0 Å². The molecule has 1 heterocycles. The molecule has 1 unspecified atom stereocenters. The van der Waals surface area contributed by atoms with Crippen LogP contribution < -0.4 is 0 Å². The molecule has 0 aliphatic carbocycles. The number of hydrogen-bond acceptors (Lipinski definition) is 3. The maximum atomic E-state index is 13.7. The summed E-state index contributed by atoms with van der Waals surface area (Å²) in [6.07, 6.45) is 1.22. The van der Waals surface area contributed by atoms with E-state index >= 15 is 0 Å². The maximum absolute atomic E-state index is 13.7. The van der Waals surface area contributed by atoms with Crippen molar-refractivity contribution < 1.29 is 23.1 Å². The molecule has 21 heavy (non-hydrogen) atoms. The van der Waals surface area contributed by atoms with Crippen LogP contribution >= 0.6 is 0 Å². The fourth-order valence-electron chi connectivity index (χ4n) is 2.47. The van der Waals surface area contributed by atoms with Crippen LogP contribution in [0.1, 0.15) is 30.1 Å². The second-order valence-corrected chi connectivity index (χ2v) is 4.94. The lowest BCUT2D eigenvalue weighted by molar-refractivity contribution is -0.149. The number of benzene rings is 1. The summed E-state index contributed by atoms with van der Waals surface area (Å²) in [7, 11) is 0. The van der Waals surface area contributed by atoms with Crippen molar-refractivity contribution in [3.8, 4) is 0 Å². The van der Waals surface area contributed by atoms with Crippen molar-refractivity contribution in [2.45, 2.75) is 19.8 Å². The van der Waals surface area contributed by atoms with Crippen molar-refractivity contribution in [1.29, 1.82) is 0 Å². The van der Waals surface area contributed by atoms with Crippen LogP contribution in [0.25, 0.3) is 0 Å². The van der Waals surface area contributed by atoms with Gasteiger partial charge in [0, 0.05) is 13.1 Å². The highest BCUT2D eigenvalue weighted by Crippen LogP contribution is 2.22.